The van der Waals surface area contributed by atoms with E-state index in [2.05, 4.69) is 21.2 Å². The van der Waals surface area contributed by atoms with Crippen molar-refractivity contribution in [1.82, 2.24) is 5.32 Å². The van der Waals surface area contributed by atoms with Crippen LogP contribution in [0.4, 0.5) is 0 Å². The first kappa shape index (κ1) is 14.0. The average molecular weight is 332 g/mol. The molecule has 100 valence electrons. The van der Waals surface area contributed by atoms with Crippen LogP contribution < -0.4 is 5.32 Å². The molecule has 0 aliphatic heterocycles. The fourth-order valence-electron chi connectivity index (χ4n) is 2.15. The second-order valence-corrected chi connectivity index (χ2v) is 6.95. The maximum Gasteiger partial charge on any atom is 0.261 e. The van der Waals surface area contributed by atoms with E-state index in [-0.39, 0.29) is 5.91 Å². The van der Waals surface area contributed by atoms with Gasteiger partial charge in [0.15, 0.2) is 0 Å². The van der Waals surface area contributed by atoms with Crippen molar-refractivity contribution in [3.05, 3.63) is 20.8 Å². The molecule has 1 aromatic rings. The van der Waals surface area contributed by atoms with Gasteiger partial charge in [-0.1, -0.05) is 19.3 Å². The number of ether oxygens (including phenoxy) is 1. The summed E-state index contributed by atoms with van der Waals surface area (Å²) in [5.41, 5.74) is 0. The second kappa shape index (κ2) is 7.26. The third-order valence-electron chi connectivity index (χ3n) is 3.09. The number of halogens is 1. The van der Waals surface area contributed by atoms with Crippen LogP contribution >= 0.6 is 27.3 Å². The lowest BCUT2D eigenvalue weighted by molar-refractivity contribution is 0.0300. The Morgan fingerprint density at radius 3 is 2.83 bits per heavy atom. The minimum absolute atomic E-state index is 0.0158. The van der Waals surface area contributed by atoms with Crippen molar-refractivity contribution in [3.8, 4) is 0 Å². The quantitative estimate of drug-likeness (QED) is 0.837. The molecular weight excluding hydrogens is 314 g/mol. The van der Waals surface area contributed by atoms with Gasteiger partial charge < -0.3 is 10.1 Å². The van der Waals surface area contributed by atoms with E-state index in [0.29, 0.717) is 19.3 Å². The highest BCUT2D eigenvalue weighted by Gasteiger charge is 2.13. The standard InChI is InChI=1S/C13H18BrNO2S/c14-12-7-6-11(18-12)13(16)15-8-9-17-10-4-2-1-3-5-10/h6-7,10H,1-5,8-9H2,(H,15,16). The monoisotopic (exact) mass is 331 g/mol. The van der Waals surface area contributed by atoms with E-state index in [1.807, 2.05) is 12.1 Å². The van der Waals surface area contributed by atoms with E-state index in [1.54, 1.807) is 0 Å². The van der Waals surface area contributed by atoms with E-state index >= 15 is 0 Å². The van der Waals surface area contributed by atoms with Gasteiger partial charge in [0.25, 0.3) is 5.91 Å². The average Bonchev–Trinajstić information content (AvgIpc) is 2.82. The maximum atomic E-state index is 11.7. The molecule has 0 saturated heterocycles. The molecule has 0 radical (unpaired) electrons. The van der Waals surface area contributed by atoms with Crippen LogP contribution in [-0.2, 0) is 4.74 Å². The lowest BCUT2D eigenvalue weighted by Crippen LogP contribution is -2.28. The van der Waals surface area contributed by atoms with Crippen molar-refractivity contribution >= 4 is 33.2 Å². The van der Waals surface area contributed by atoms with Gasteiger partial charge in [-0.25, -0.2) is 0 Å². The molecule has 0 atom stereocenters. The largest absolute Gasteiger partial charge is 0.376 e. The number of thiophene rings is 1. The Bertz CT molecular complexity index is 388. The second-order valence-electron chi connectivity index (χ2n) is 4.49. The van der Waals surface area contributed by atoms with Gasteiger partial charge in [0.05, 0.1) is 21.4 Å². The van der Waals surface area contributed by atoms with Gasteiger partial charge in [0, 0.05) is 6.54 Å². The number of hydrogen-bond acceptors (Lipinski definition) is 3. The van der Waals surface area contributed by atoms with Crippen molar-refractivity contribution < 1.29 is 9.53 Å². The van der Waals surface area contributed by atoms with Crippen molar-refractivity contribution in [3.63, 3.8) is 0 Å². The van der Waals surface area contributed by atoms with Crippen LogP contribution in [0.5, 0.6) is 0 Å². The summed E-state index contributed by atoms with van der Waals surface area (Å²) >= 11 is 4.79. The summed E-state index contributed by atoms with van der Waals surface area (Å²) in [4.78, 5) is 12.5. The fraction of sp³-hybridized carbons (Fsp3) is 0.615. The van der Waals surface area contributed by atoms with Crippen molar-refractivity contribution in [2.24, 2.45) is 0 Å². The van der Waals surface area contributed by atoms with Crippen LogP contribution in [0, 0.1) is 0 Å². The first-order valence-corrected chi connectivity index (χ1v) is 8.02. The van der Waals surface area contributed by atoms with Crippen LogP contribution in [-0.4, -0.2) is 25.2 Å². The van der Waals surface area contributed by atoms with Gasteiger partial charge >= 0.3 is 0 Å². The van der Waals surface area contributed by atoms with E-state index in [0.717, 1.165) is 8.66 Å². The molecule has 1 saturated carbocycles. The minimum atomic E-state index is -0.0158. The molecule has 5 heteroatoms. The number of amides is 1. The third kappa shape index (κ3) is 4.37. The van der Waals surface area contributed by atoms with Gasteiger partial charge in [0.1, 0.15) is 0 Å². The molecule has 1 amide bonds. The zero-order valence-electron chi connectivity index (χ0n) is 10.3. The van der Waals surface area contributed by atoms with Crippen molar-refractivity contribution in [2.45, 2.75) is 38.2 Å². The summed E-state index contributed by atoms with van der Waals surface area (Å²) in [5, 5.41) is 2.88. The molecule has 2 rings (SSSR count). The molecule has 0 spiro atoms. The van der Waals surface area contributed by atoms with E-state index < -0.39 is 0 Å². The first-order valence-electron chi connectivity index (χ1n) is 6.41. The topological polar surface area (TPSA) is 38.3 Å². The molecule has 1 heterocycles. The van der Waals surface area contributed by atoms with Crippen LogP contribution in [0.25, 0.3) is 0 Å². The summed E-state index contributed by atoms with van der Waals surface area (Å²) in [7, 11) is 0. The molecule has 1 fully saturated rings. The van der Waals surface area contributed by atoms with E-state index in [1.165, 1.54) is 43.4 Å². The highest BCUT2D eigenvalue weighted by molar-refractivity contribution is 9.11. The van der Waals surface area contributed by atoms with Gasteiger partial charge in [-0.2, -0.15) is 0 Å². The molecule has 0 unspecified atom stereocenters. The Balaban J connectivity index is 1.61. The molecule has 3 nitrogen and oxygen atoms in total. The van der Waals surface area contributed by atoms with Gasteiger partial charge in [-0.3, -0.25) is 4.79 Å². The van der Waals surface area contributed by atoms with Crippen molar-refractivity contribution in [2.75, 3.05) is 13.2 Å². The Hall–Kier alpha value is -0.390. The number of carbonyl (C=O) groups excluding carboxylic acids is 1. The number of carbonyl (C=O) groups is 1. The highest BCUT2D eigenvalue weighted by Crippen LogP contribution is 2.22. The zero-order valence-corrected chi connectivity index (χ0v) is 12.7. The predicted molar refractivity (Wildman–Crippen MR) is 77.2 cm³/mol. The lowest BCUT2D eigenvalue weighted by atomic mass is 9.98. The predicted octanol–water partition coefficient (Wildman–Crippen LogP) is 3.59. The van der Waals surface area contributed by atoms with Crippen LogP contribution in [0.15, 0.2) is 15.9 Å². The molecular formula is C13H18BrNO2S. The third-order valence-corrected chi connectivity index (χ3v) is 4.71. The molecule has 0 aromatic carbocycles. The normalized spacial score (nSPS) is 16.7. The SMILES string of the molecule is O=C(NCCOC1CCCCC1)c1ccc(Br)s1. The van der Waals surface area contributed by atoms with E-state index in [4.69, 9.17) is 4.74 Å². The highest BCUT2D eigenvalue weighted by atomic mass is 79.9. The van der Waals surface area contributed by atoms with Gasteiger partial charge in [-0.05, 0) is 40.9 Å². The van der Waals surface area contributed by atoms with Crippen LogP contribution in [0.1, 0.15) is 41.8 Å². The molecule has 1 aromatic heterocycles. The summed E-state index contributed by atoms with van der Waals surface area (Å²) in [5.74, 6) is -0.0158. The molecule has 1 aliphatic rings. The van der Waals surface area contributed by atoms with Crippen molar-refractivity contribution in [1.29, 1.82) is 0 Å². The fourth-order valence-corrected chi connectivity index (χ4v) is 3.45. The number of rotatable bonds is 5. The molecule has 18 heavy (non-hydrogen) atoms. The van der Waals surface area contributed by atoms with Crippen LogP contribution in [0.2, 0.25) is 0 Å². The van der Waals surface area contributed by atoms with Gasteiger partial charge in [0.2, 0.25) is 0 Å². The first-order chi connectivity index (χ1) is 8.75. The smallest absolute Gasteiger partial charge is 0.261 e. The van der Waals surface area contributed by atoms with Gasteiger partial charge in [-0.15, -0.1) is 11.3 Å². The summed E-state index contributed by atoms with van der Waals surface area (Å²) < 4.78 is 6.73. The Morgan fingerprint density at radius 1 is 1.39 bits per heavy atom. The summed E-state index contributed by atoms with van der Waals surface area (Å²) in [6.07, 6.45) is 6.65. The lowest BCUT2D eigenvalue weighted by Gasteiger charge is -2.21. The summed E-state index contributed by atoms with van der Waals surface area (Å²) in [6.45, 7) is 1.20. The molecule has 1 N–H and O–H groups in total. The van der Waals surface area contributed by atoms with E-state index in [9.17, 15) is 4.79 Å². The number of nitrogens with one attached hydrogen (secondary N) is 1. The maximum absolute atomic E-state index is 11.7. The zero-order chi connectivity index (χ0) is 12.8. The Kier molecular flexibility index (Phi) is 5.66. The van der Waals surface area contributed by atoms with Crippen LogP contribution in [0.3, 0.4) is 0 Å². The number of hydrogen-bond donors (Lipinski definition) is 1. The Morgan fingerprint density at radius 2 is 2.17 bits per heavy atom. The molecule has 0 bridgehead atoms. The Labute approximate surface area is 120 Å². The minimum Gasteiger partial charge on any atom is -0.376 e. The summed E-state index contributed by atoms with van der Waals surface area (Å²) in [6, 6.07) is 3.71. The molecule has 1 aliphatic carbocycles.